The van der Waals surface area contributed by atoms with Crippen molar-refractivity contribution >= 4 is 5.78 Å². The molecule has 6 aliphatic rings. The van der Waals surface area contributed by atoms with Crippen LogP contribution in [0, 0.1) is 35.5 Å². The maximum absolute atomic E-state index is 11.3. The van der Waals surface area contributed by atoms with Crippen molar-refractivity contribution in [2.75, 3.05) is 7.11 Å². The number of Topliss-reactive ketones (excluding diaryl/α,β-unsaturated/α-hetero) is 1. The van der Waals surface area contributed by atoms with Crippen molar-refractivity contribution < 1.29 is 14.2 Å². The molecular weight excluding hydrogens is 652 g/mol. The van der Waals surface area contributed by atoms with E-state index in [4.69, 9.17) is 4.74 Å². The predicted molar refractivity (Wildman–Crippen MR) is 230 cm³/mol. The first-order valence-corrected chi connectivity index (χ1v) is 24.3. The molecule has 53 heavy (non-hydrogen) atoms. The molecule has 0 spiro atoms. The predicted octanol–water partition coefficient (Wildman–Crippen LogP) is 16.8. The molecule has 6 rings (SSSR count). The lowest BCUT2D eigenvalue weighted by molar-refractivity contribution is -0.121. The van der Waals surface area contributed by atoms with Crippen LogP contribution >= 0.6 is 0 Å². The highest BCUT2D eigenvalue weighted by atomic mass is 19.0. The lowest BCUT2D eigenvalue weighted by Crippen LogP contribution is -2.20. The minimum absolute atomic E-state index is 0. The van der Waals surface area contributed by atoms with Gasteiger partial charge in [0.2, 0.25) is 0 Å². The van der Waals surface area contributed by atoms with Crippen LogP contribution in [0.4, 0.5) is 4.70 Å². The van der Waals surface area contributed by atoms with Crippen LogP contribution in [0.5, 0.6) is 0 Å². The van der Waals surface area contributed by atoms with E-state index >= 15 is 0 Å². The molecule has 0 unspecified atom stereocenters. The van der Waals surface area contributed by atoms with Crippen molar-refractivity contribution in [3.05, 3.63) is 11.8 Å². The number of allylic oxidation sites excluding steroid dienone is 1. The summed E-state index contributed by atoms with van der Waals surface area (Å²) in [5.41, 5.74) is 1.54. The van der Waals surface area contributed by atoms with Gasteiger partial charge in [-0.15, -0.1) is 0 Å². The van der Waals surface area contributed by atoms with Gasteiger partial charge in [-0.25, -0.2) is 0 Å². The number of unbranched alkanes of at least 4 members (excludes halogenated alkanes) is 4. The molecule has 6 fully saturated rings. The summed E-state index contributed by atoms with van der Waals surface area (Å²) < 4.78 is 5.16. The minimum atomic E-state index is 0. The van der Waals surface area contributed by atoms with Crippen molar-refractivity contribution in [2.24, 2.45) is 35.5 Å². The maximum atomic E-state index is 11.3. The number of hydrogen-bond acceptors (Lipinski definition) is 2. The van der Waals surface area contributed by atoms with Crippen LogP contribution in [0.15, 0.2) is 11.8 Å². The Kier molecular flexibility index (Phi) is 29.4. The normalized spacial score (nSPS) is 28.0. The molecule has 0 aromatic rings. The Morgan fingerprint density at radius 3 is 1.08 bits per heavy atom. The lowest BCUT2D eigenvalue weighted by Gasteiger charge is -2.32. The van der Waals surface area contributed by atoms with E-state index < -0.39 is 0 Å². The largest absolute Gasteiger partial charge is 0.504 e. The SMILES string of the molecule is C1CCCCC1.C1CCCCC1.CCCCCC1CCC(CC2CCC(=COC)CC2)CC1.CCCCCC1CCC(CC2CCC(=O)CC2)CC1.F. The van der Waals surface area contributed by atoms with E-state index in [1.165, 1.54) is 237 Å². The second-order valence-electron chi connectivity index (χ2n) is 18.9. The van der Waals surface area contributed by atoms with Crippen LogP contribution in [-0.4, -0.2) is 12.9 Å². The van der Waals surface area contributed by atoms with Crippen LogP contribution < -0.4 is 0 Å². The molecule has 0 bridgehead atoms. The summed E-state index contributed by atoms with van der Waals surface area (Å²) in [6.45, 7) is 4.61. The first-order valence-electron chi connectivity index (χ1n) is 24.3. The molecule has 0 aromatic carbocycles. The van der Waals surface area contributed by atoms with Gasteiger partial charge in [-0.3, -0.25) is 9.50 Å². The van der Waals surface area contributed by atoms with Gasteiger partial charge in [0.15, 0.2) is 0 Å². The van der Waals surface area contributed by atoms with E-state index in [-0.39, 0.29) is 4.70 Å². The van der Waals surface area contributed by atoms with Gasteiger partial charge in [-0.1, -0.05) is 194 Å². The summed E-state index contributed by atoms with van der Waals surface area (Å²) in [4.78, 5) is 11.3. The van der Waals surface area contributed by atoms with E-state index in [0.29, 0.717) is 5.78 Å². The smallest absolute Gasteiger partial charge is 0.132 e. The Morgan fingerprint density at radius 1 is 0.453 bits per heavy atom. The quantitative estimate of drug-likeness (QED) is 0.139. The van der Waals surface area contributed by atoms with E-state index in [1.807, 2.05) is 6.26 Å². The summed E-state index contributed by atoms with van der Waals surface area (Å²) in [6.07, 6.45) is 56.0. The zero-order chi connectivity index (χ0) is 36.9. The molecule has 6 aliphatic carbocycles. The van der Waals surface area contributed by atoms with Gasteiger partial charge in [0.25, 0.3) is 0 Å². The number of hydrogen-bond donors (Lipinski definition) is 0. The van der Waals surface area contributed by atoms with Gasteiger partial charge in [-0.2, -0.15) is 0 Å². The van der Waals surface area contributed by atoms with Gasteiger partial charge in [-0.05, 0) is 92.4 Å². The first-order chi connectivity index (χ1) is 25.6. The second-order valence-corrected chi connectivity index (χ2v) is 18.9. The van der Waals surface area contributed by atoms with Crippen molar-refractivity contribution in [2.45, 2.75) is 258 Å². The van der Waals surface area contributed by atoms with Crippen LogP contribution in [-0.2, 0) is 9.53 Å². The van der Waals surface area contributed by atoms with Crippen LogP contribution in [0.3, 0.4) is 0 Å². The Bertz CT molecular complexity index is 804. The number of ketones is 1. The average molecular weight is 745 g/mol. The van der Waals surface area contributed by atoms with Crippen LogP contribution in [0.2, 0.25) is 0 Å². The molecule has 312 valence electrons. The Balaban J connectivity index is 0.000000276. The number of methoxy groups -OCH3 is 1. The molecule has 0 radical (unpaired) electrons. The maximum Gasteiger partial charge on any atom is 0.132 e. The van der Waals surface area contributed by atoms with Crippen molar-refractivity contribution in [1.82, 2.24) is 0 Å². The van der Waals surface area contributed by atoms with Crippen molar-refractivity contribution in [3.63, 3.8) is 0 Å². The number of ether oxygens (including phenoxy) is 1. The number of carbonyl (C=O) groups excluding carboxylic acids is 1. The lowest BCUT2D eigenvalue weighted by atomic mass is 9.73. The summed E-state index contributed by atoms with van der Waals surface area (Å²) in [6, 6.07) is 0. The van der Waals surface area contributed by atoms with Gasteiger partial charge >= 0.3 is 0 Å². The molecule has 0 aromatic heterocycles. The Labute approximate surface area is 331 Å². The van der Waals surface area contributed by atoms with Crippen molar-refractivity contribution in [1.29, 1.82) is 0 Å². The van der Waals surface area contributed by atoms with E-state index in [1.54, 1.807) is 7.11 Å². The van der Waals surface area contributed by atoms with E-state index in [9.17, 15) is 4.79 Å². The number of carbonyl (C=O) groups is 1. The monoisotopic (exact) mass is 745 g/mol. The van der Waals surface area contributed by atoms with Gasteiger partial charge < -0.3 is 4.74 Å². The second kappa shape index (κ2) is 32.2. The molecule has 0 aliphatic heterocycles. The minimum Gasteiger partial charge on any atom is -0.504 e. The fraction of sp³-hybridized carbons (Fsp3) is 0.940. The fourth-order valence-electron chi connectivity index (χ4n) is 10.7. The highest BCUT2D eigenvalue weighted by molar-refractivity contribution is 5.79. The molecular formula is C50H93FO2. The molecule has 0 saturated heterocycles. The highest BCUT2D eigenvalue weighted by Gasteiger charge is 2.27. The first kappa shape index (κ1) is 48.3. The Hall–Kier alpha value is -0.860. The molecule has 6 saturated carbocycles. The fourth-order valence-corrected chi connectivity index (χ4v) is 10.7. The van der Waals surface area contributed by atoms with Crippen LogP contribution in [0.1, 0.15) is 258 Å². The summed E-state index contributed by atoms with van der Waals surface area (Å²) in [5.74, 6) is 6.52. The zero-order valence-electron chi connectivity index (χ0n) is 36.1. The number of halogens is 1. The standard InChI is InChI=1S/C20H36O.C18H32O.2C6H12.FH/c1-3-4-5-6-17-7-9-18(10-8-17)15-19-11-13-20(14-12-19)16-21-2;1-2-3-4-5-15-6-8-16(9-7-15)14-17-10-12-18(19)13-11-17;2*1-2-4-6-5-3-1;/h16-19H,3-15H2,1-2H3;15-17H,2-14H2,1H3;2*1-6H2;1H. The third-order valence-corrected chi connectivity index (χ3v) is 14.4. The van der Waals surface area contributed by atoms with Gasteiger partial charge in [0.1, 0.15) is 5.78 Å². The van der Waals surface area contributed by atoms with E-state index in [2.05, 4.69) is 13.8 Å². The topological polar surface area (TPSA) is 26.3 Å². The zero-order valence-corrected chi connectivity index (χ0v) is 36.1. The van der Waals surface area contributed by atoms with E-state index in [0.717, 1.165) is 48.3 Å². The third kappa shape index (κ3) is 23.7. The average Bonchev–Trinajstić information content (AvgIpc) is 3.20. The number of rotatable bonds is 13. The third-order valence-electron chi connectivity index (χ3n) is 14.4. The molecule has 0 atom stereocenters. The molecule has 0 N–H and O–H groups in total. The summed E-state index contributed by atoms with van der Waals surface area (Å²) in [5, 5.41) is 0. The molecule has 0 heterocycles. The van der Waals surface area contributed by atoms with Gasteiger partial charge in [0.05, 0.1) is 13.4 Å². The van der Waals surface area contributed by atoms with Gasteiger partial charge in [0, 0.05) is 12.8 Å². The molecule has 2 nitrogen and oxygen atoms in total. The molecule has 0 amide bonds. The molecule has 3 heteroatoms. The summed E-state index contributed by atoms with van der Waals surface area (Å²) >= 11 is 0. The Morgan fingerprint density at radius 2 is 0.755 bits per heavy atom. The van der Waals surface area contributed by atoms with Crippen molar-refractivity contribution in [3.8, 4) is 0 Å². The summed E-state index contributed by atoms with van der Waals surface area (Å²) in [7, 11) is 1.78. The highest BCUT2D eigenvalue weighted by Crippen LogP contribution is 2.40. The van der Waals surface area contributed by atoms with Crippen LogP contribution in [0.25, 0.3) is 0 Å².